The maximum Gasteiger partial charge on any atom is 0.0994 e. The number of quaternary nitrogens is 1. The highest BCUT2D eigenvalue weighted by molar-refractivity contribution is 5.51. The fourth-order valence-corrected chi connectivity index (χ4v) is 1.68. The Kier molecular flexibility index (Phi) is 2.20. The standard InChI is InChI=1S/C10H14N2O/c1-8-4-5-9-3-2-6-12(13)11-10(9)7-8/h4-5,7,11-12H,2-3,6H2,1H3. The second-order valence-corrected chi connectivity index (χ2v) is 3.56. The zero-order valence-electron chi connectivity index (χ0n) is 7.76. The average Bonchev–Trinajstić information content (AvgIpc) is 2.25. The zero-order chi connectivity index (χ0) is 9.26. The zero-order valence-corrected chi connectivity index (χ0v) is 7.76. The summed E-state index contributed by atoms with van der Waals surface area (Å²) in [6, 6.07) is 6.24. The van der Waals surface area contributed by atoms with Gasteiger partial charge in [-0.15, -0.1) is 0 Å². The maximum absolute atomic E-state index is 11.2. The van der Waals surface area contributed by atoms with Gasteiger partial charge in [-0.2, -0.15) is 0 Å². The summed E-state index contributed by atoms with van der Waals surface area (Å²) in [6.07, 6.45) is 1.97. The van der Waals surface area contributed by atoms with E-state index in [1.807, 2.05) is 13.0 Å². The molecule has 0 fully saturated rings. The molecule has 2 N–H and O–H groups in total. The predicted octanol–water partition coefficient (Wildman–Crippen LogP) is 0.651. The number of aryl methyl sites for hydroxylation is 2. The molecule has 0 spiro atoms. The second-order valence-electron chi connectivity index (χ2n) is 3.56. The van der Waals surface area contributed by atoms with Crippen molar-refractivity contribution in [1.82, 2.24) is 0 Å². The van der Waals surface area contributed by atoms with Gasteiger partial charge in [-0.25, -0.2) is 5.43 Å². The Morgan fingerprint density at radius 3 is 3.15 bits per heavy atom. The minimum atomic E-state index is 0.143. The largest absolute Gasteiger partial charge is 0.608 e. The molecule has 1 aromatic rings. The van der Waals surface area contributed by atoms with E-state index in [1.54, 1.807) is 0 Å². The van der Waals surface area contributed by atoms with Gasteiger partial charge in [-0.3, -0.25) is 5.17 Å². The fraction of sp³-hybridized carbons (Fsp3) is 0.400. The van der Waals surface area contributed by atoms with Gasteiger partial charge in [0.1, 0.15) is 0 Å². The van der Waals surface area contributed by atoms with E-state index in [2.05, 4.69) is 17.6 Å². The van der Waals surface area contributed by atoms with Gasteiger partial charge in [0.15, 0.2) is 0 Å². The highest BCUT2D eigenvalue weighted by Gasteiger charge is 2.10. The van der Waals surface area contributed by atoms with E-state index in [4.69, 9.17) is 0 Å². The summed E-state index contributed by atoms with van der Waals surface area (Å²) < 4.78 is 0. The fourth-order valence-electron chi connectivity index (χ4n) is 1.68. The summed E-state index contributed by atoms with van der Waals surface area (Å²) in [5, 5.41) is 11.4. The molecule has 0 aromatic heterocycles. The van der Waals surface area contributed by atoms with Gasteiger partial charge < -0.3 is 5.21 Å². The highest BCUT2D eigenvalue weighted by atomic mass is 16.5. The van der Waals surface area contributed by atoms with E-state index < -0.39 is 0 Å². The van der Waals surface area contributed by atoms with Crippen LogP contribution in [0, 0.1) is 12.1 Å². The first-order chi connectivity index (χ1) is 6.25. The first kappa shape index (κ1) is 8.53. The van der Waals surface area contributed by atoms with Crippen LogP contribution in [0.25, 0.3) is 0 Å². The van der Waals surface area contributed by atoms with Crippen LogP contribution in [0.3, 0.4) is 0 Å². The smallest absolute Gasteiger partial charge is 0.0994 e. The molecule has 3 heteroatoms. The molecule has 1 aromatic carbocycles. The van der Waals surface area contributed by atoms with Crippen LogP contribution in [-0.4, -0.2) is 6.54 Å². The van der Waals surface area contributed by atoms with Gasteiger partial charge in [0.25, 0.3) is 0 Å². The van der Waals surface area contributed by atoms with Crippen LogP contribution in [0.2, 0.25) is 0 Å². The molecule has 0 aliphatic carbocycles. The van der Waals surface area contributed by atoms with Crippen molar-refractivity contribution in [2.45, 2.75) is 19.8 Å². The Bertz CT molecular complexity index is 312. The first-order valence-corrected chi connectivity index (χ1v) is 4.65. The van der Waals surface area contributed by atoms with E-state index in [0.29, 0.717) is 6.54 Å². The molecule has 70 valence electrons. The Balaban J connectivity index is 2.35. The lowest BCUT2D eigenvalue weighted by Crippen LogP contribution is -3.10. The van der Waals surface area contributed by atoms with Crippen LogP contribution in [0.15, 0.2) is 18.2 Å². The number of fused-ring (bicyclic) bond motifs is 1. The minimum Gasteiger partial charge on any atom is -0.608 e. The third-order valence-electron chi connectivity index (χ3n) is 2.39. The van der Waals surface area contributed by atoms with Gasteiger partial charge in [0.05, 0.1) is 12.2 Å². The molecule has 3 nitrogen and oxygen atoms in total. The number of benzene rings is 1. The molecule has 1 aliphatic heterocycles. The molecule has 0 saturated carbocycles. The molecule has 1 aliphatic rings. The van der Waals surface area contributed by atoms with Crippen LogP contribution in [-0.2, 0) is 6.42 Å². The molecule has 1 unspecified atom stereocenters. The van der Waals surface area contributed by atoms with Crippen LogP contribution in [0.5, 0.6) is 0 Å². The molecule has 1 atom stereocenters. The van der Waals surface area contributed by atoms with Crippen LogP contribution < -0.4 is 10.6 Å². The number of nitrogens with one attached hydrogen (secondary N) is 2. The molecule has 1 heterocycles. The summed E-state index contributed by atoms with van der Waals surface area (Å²) in [6.45, 7) is 2.69. The Morgan fingerprint density at radius 2 is 2.31 bits per heavy atom. The number of hydrogen-bond donors (Lipinski definition) is 2. The van der Waals surface area contributed by atoms with Crippen molar-refractivity contribution in [2.24, 2.45) is 0 Å². The van der Waals surface area contributed by atoms with Crippen LogP contribution in [0.4, 0.5) is 5.69 Å². The van der Waals surface area contributed by atoms with Crippen molar-refractivity contribution in [3.05, 3.63) is 34.5 Å². The van der Waals surface area contributed by atoms with Crippen molar-refractivity contribution in [1.29, 1.82) is 0 Å². The van der Waals surface area contributed by atoms with Crippen molar-refractivity contribution < 1.29 is 5.17 Å². The topological polar surface area (TPSA) is 39.5 Å². The quantitative estimate of drug-likeness (QED) is 0.573. The van der Waals surface area contributed by atoms with E-state index in [-0.39, 0.29) is 5.17 Å². The van der Waals surface area contributed by atoms with Gasteiger partial charge in [-0.05, 0) is 30.5 Å². The summed E-state index contributed by atoms with van der Waals surface area (Å²) in [5.74, 6) is 0. The van der Waals surface area contributed by atoms with Gasteiger partial charge >= 0.3 is 0 Å². The normalized spacial score (nSPS) is 21.5. The summed E-state index contributed by atoms with van der Waals surface area (Å²) >= 11 is 0. The Labute approximate surface area is 77.9 Å². The third kappa shape index (κ3) is 1.82. The number of hydrogen-bond acceptors (Lipinski definition) is 2. The second kappa shape index (κ2) is 3.36. The molecule has 0 amide bonds. The molecule has 0 saturated heterocycles. The summed E-state index contributed by atoms with van der Waals surface area (Å²) in [7, 11) is 0. The number of rotatable bonds is 0. The number of hydroxylamine groups is 1. The van der Waals surface area contributed by atoms with E-state index in [0.717, 1.165) is 18.5 Å². The summed E-state index contributed by atoms with van der Waals surface area (Å²) in [4.78, 5) is 0. The Hall–Kier alpha value is -1.06. The third-order valence-corrected chi connectivity index (χ3v) is 2.39. The van der Waals surface area contributed by atoms with Crippen molar-refractivity contribution in [2.75, 3.05) is 12.0 Å². The molecule has 0 radical (unpaired) electrons. The van der Waals surface area contributed by atoms with Crippen molar-refractivity contribution >= 4 is 5.69 Å². The van der Waals surface area contributed by atoms with Crippen molar-refractivity contribution in [3.8, 4) is 0 Å². The minimum absolute atomic E-state index is 0.143. The van der Waals surface area contributed by atoms with Gasteiger partial charge in [0.2, 0.25) is 0 Å². The highest BCUT2D eigenvalue weighted by Crippen LogP contribution is 2.18. The monoisotopic (exact) mass is 178 g/mol. The lowest BCUT2D eigenvalue weighted by Gasteiger charge is -2.21. The van der Waals surface area contributed by atoms with Crippen LogP contribution >= 0.6 is 0 Å². The van der Waals surface area contributed by atoms with E-state index >= 15 is 0 Å². The predicted molar refractivity (Wildman–Crippen MR) is 52.3 cm³/mol. The molecule has 2 rings (SSSR count). The van der Waals surface area contributed by atoms with E-state index in [1.165, 1.54) is 11.1 Å². The lowest BCUT2D eigenvalue weighted by molar-refractivity contribution is -0.823. The van der Waals surface area contributed by atoms with Crippen molar-refractivity contribution in [3.63, 3.8) is 0 Å². The Morgan fingerprint density at radius 1 is 1.46 bits per heavy atom. The maximum atomic E-state index is 11.2. The van der Waals surface area contributed by atoms with Gasteiger partial charge in [0, 0.05) is 6.42 Å². The molecule has 13 heavy (non-hydrogen) atoms. The summed E-state index contributed by atoms with van der Waals surface area (Å²) in [5.41, 5.74) is 6.38. The van der Waals surface area contributed by atoms with E-state index in [9.17, 15) is 5.21 Å². The SMILES string of the molecule is Cc1ccc2c(c1)N[NH+]([O-])CCC2. The first-order valence-electron chi connectivity index (χ1n) is 4.65. The molecular formula is C10H14N2O. The average molecular weight is 178 g/mol. The number of anilines is 1. The molecular weight excluding hydrogens is 164 g/mol. The van der Waals surface area contributed by atoms with Gasteiger partial charge in [-0.1, -0.05) is 12.1 Å². The lowest BCUT2D eigenvalue weighted by atomic mass is 10.1. The molecule has 0 bridgehead atoms. The van der Waals surface area contributed by atoms with Crippen LogP contribution in [0.1, 0.15) is 17.5 Å².